The Bertz CT molecular complexity index is 1120. The van der Waals surface area contributed by atoms with E-state index in [4.69, 9.17) is 0 Å². The SMILES string of the molecule is CN1C(=O)C(C)(C)c2cc(S(=O)(=O)NCC3C4CCc5ccccc5C43)ccc21. The molecule has 1 N–H and O–H groups in total. The molecule has 3 atom stereocenters. The van der Waals surface area contributed by atoms with Gasteiger partial charge in [0.2, 0.25) is 15.9 Å². The second kappa shape index (κ2) is 6.16. The predicted octanol–water partition coefficient (Wildman–Crippen LogP) is 3.19. The second-order valence-electron chi connectivity index (χ2n) is 9.11. The van der Waals surface area contributed by atoms with Crippen molar-refractivity contribution >= 4 is 21.6 Å². The molecule has 5 rings (SSSR count). The van der Waals surface area contributed by atoms with Gasteiger partial charge in [0.15, 0.2) is 0 Å². The third-order valence-corrected chi connectivity index (χ3v) is 8.58. The molecule has 3 unspecified atom stereocenters. The summed E-state index contributed by atoms with van der Waals surface area (Å²) in [6, 6.07) is 13.5. The zero-order chi connectivity index (χ0) is 20.6. The van der Waals surface area contributed by atoms with Crippen LogP contribution in [0.3, 0.4) is 0 Å². The van der Waals surface area contributed by atoms with Crippen LogP contribution in [0.25, 0.3) is 0 Å². The third kappa shape index (κ3) is 2.76. The number of benzene rings is 2. The van der Waals surface area contributed by atoms with Crippen molar-refractivity contribution in [2.45, 2.75) is 42.9 Å². The number of hydrogen-bond donors (Lipinski definition) is 1. The van der Waals surface area contributed by atoms with Gasteiger partial charge in [-0.2, -0.15) is 0 Å². The summed E-state index contributed by atoms with van der Waals surface area (Å²) >= 11 is 0. The second-order valence-corrected chi connectivity index (χ2v) is 10.9. The van der Waals surface area contributed by atoms with Crippen molar-refractivity contribution in [3.63, 3.8) is 0 Å². The minimum absolute atomic E-state index is 0.0178. The van der Waals surface area contributed by atoms with Crippen molar-refractivity contribution in [3.8, 4) is 0 Å². The van der Waals surface area contributed by atoms with E-state index in [1.807, 2.05) is 13.8 Å². The Kier molecular flexibility index (Phi) is 4.00. The van der Waals surface area contributed by atoms with E-state index < -0.39 is 15.4 Å². The molecule has 1 fully saturated rings. The van der Waals surface area contributed by atoms with Gasteiger partial charge in [-0.25, -0.2) is 13.1 Å². The van der Waals surface area contributed by atoms with E-state index in [9.17, 15) is 13.2 Å². The maximum absolute atomic E-state index is 13.0. The number of aryl methyl sites for hydroxylation is 1. The van der Waals surface area contributed by atoms with Crippen molar-refractivity contribution in [2.75, 3.05) is 18.5 Å². The van der Waals surface area contributed by atoms with E-state index in [2.05, 4.69) is 29.0 Å². The van der Waals surface area contributed by atoms with Crippen LogP contribution in [0.1, 0.15) is 42.9 Å². The van der Waals surface area contributed by atoms with Crippen molar-refractivity contribution in [1.82, 2.24) is 4.72 Å². The average molecular weight is 411 g/mol. The molecule has 0 radical (unpaired) electrons. The molecule has 5 nitrogen and oxygen atoms in total. The number of carbonyl (C=O) groups excluding carboxylic acids is 1. The Morgan fingerprint density at radius 2 is 1.93 bits per heavy atom. The maximum atomic E-state index is 13.0. The molecule has 1 saturated carbocycles. The van der Waals surface area contributed by atoms with Gasteiger partial charge in [-0.3, -0.25) is 4.79 Å². The van der Waals surface area contributed by atoms with E-state index in [1.54, 1.807) is 30.1 Å². The molecule has 1 heterocycles. The summed E-state index contributed by atoms with van der Waals surface area (Å²) in [5, 5.41) is 0. The topological polar surface area (TPSA) is 66.5 Å². The van der Waals surface area contributed by atoms with Gasteiger partial charge in [0, 0.05) is 19.3 Å². The van der Waals surface area contributed by atoms with Crippen LogP contribution in [0.4, 0.5) is 5.69 Å². The monoisotopic (exact) mass is 410 g/mol. The summed E-state index contributed by atoms with van der Waals surface area (Å²) in [7, 11) is -1.89. The lowest BCUT2D eigenvalue weighted by molar-refractivity contribution is -0.121. The van der Waals surface area contributed by atoms with Crippen molar-refractivity contribution < 1.29 is 13.2 Å². The van der Waals surface area contributed by atoms with Crippen LogP contribution in [0.5, 0.6) is 0 Å². The molecule has 0 aromatic heterocycles. The normalized spacial score (nSPS) is 26.7. The van der Waals surface area contributed by atoms with Crippen LogP contribution >= 0.6 is 0 Å². The number of nitrogens with zero attached hydrogens (tertiary/aromatic N) is 1. The van der Waals surface area contributed by atoms with Crippen LogP contribution < -0.4 is 9.62 Å². The first-order chi connectivity index (χ1) is 13.7. The molecule has 1 aliphatic heterocycles. The number of sulfonamides is 1. The largest absolute Gasteiger partial charge is 0.314 e. The Balaban J connectivity index is 1.35. The standard InChI is InChI=1S/C23H26N2O3S/c1-23(2)19-12-15(9-11-20(19)25(3)22(23)26)29(27,28)24-13-18-17-10-8-14-6-4-5-7-16(14)21(17)18/h4-7,9,11-12,17-18,21,24H,8,10,13H2,1-3H3. The highest BCUT2D eigenvalue weighted by Crippen LogP contribution is 2.59. The van der Waals surface area contributed by atoms with Gasteiger partial charge in [0.05, 0.1) is 10.3 Å². The molecular weight excluding hydrogens is 384 g/mol. The van der Waals surface area contributed by atoms with E-state index >= 15 is 0 Å². The van der Waals surface area contributed by atoms with Crippen LogP contribution in [0, 0.1) is 11.8 Å². The molecule has 0 saturated heterocycles. The minimum Gasteiger partial charge on any atom is -0.314 e. The average Bonchev–Trinajstić information content (AvgIpc) is 3.40. The number of likely N-dealkylation sites (N-methyl/N-ethyl adjacent to an activating group) is 1. The fraction of sp³-hybridized carbons (Fsp3) is 0.435. The Morgan fingerprint density at radius 1 is 1.17 bits per heavy atom. The molecule has 3 aliphatic rings. The smallest absolute Gasteiger partial charge is 0.240 e. The number of hydrogen-bond acceptors (Lipinski definition) is 3. The molecule has 152 valence electrons. The minimum atomic E-state index is -3.62. The highest BCUT2D eigenvalue weighted by molar-refractivity contribution is 7.89. The first kappa shape index (κ1) is 18.8. The molecule has 0 spiro atoms. The van der Waals surface area contributed by atoms with Crippen LogP contribution in [-0.2, 0) is 26.7 Å². The summed E-state index contributed by atoms with van der Waals surface area (Å²) < 4.78 is 28.8. The fourth-order valence-electron chi connectivity index (χ4n) is 5.40. The van der Waals surface area contributed by atoms with Crippen molar-refractivity contribution in [1.29, 1.82) is 0 Å². The van der Waals surface area contributed by atoms with Gasteiger partial charge >= 0.3 is 0 Å². The predicted molar refractivity (Wildman–Crippen MR) is 113 cm³/mol. The van der Waals surface area contributed by atoms with Gasteiger partial charge in [-0.1, -0.05) is 24.3 Å². The Labute approximate surface area is 172 Å². The molecular formula is C23H26N2O3S. The molecule has 0 bridgehead atoms. The summed E-state index contributed by atoms with van der Waals surface area (Å²) in [5.74, 6) is 1.41. The molecule has 29 heavy (non-hydrogen) atoms. The van der Waals surface area contributed by atoms with Gasteiger partial charge < -0.3 is 4.90 Å². The quantitative estimate of drug-likeness (QED) is 0.842. The number of rotatable bonds is 4. The highest BCUT2D eigenvalue weighted by atomic mass is 32.2. The summed E-state index contributed by atoms with van der Waals surface area (Å²) in [6.45, 7) is 4.15. The number of amides is 1. The van der Waals surface area contributed by atoms with Crippen LogP contribution in [0.2, 0.25) is 0 Å². The van der Waals surface area contributed by atoms with Crippen molar-refractivity contribution in [2.24, 2.45) is 11.8 Å². The molecule has 2 aliphatic carbocycles. The number of fused-ring (bicyclic) bond motifs is 4. The fourth-order valence-corrected chi connectivity index (χ4v) is 6.49. The summed E-state index contributed by atoms with van der Waals surface area (Å²) in [6.07, 6.45) is 2.22. The summed E-state index contributed by atoms with van der Waals surface area (Å²) in [4.78, 5) is 14.3. The van der Waals surface area contributed by atoms with Crippen molar-refractivity contribution in [3.05, 3.63) is 59.2 Å². The molecule has 2 aromatic carbocycles. The zero-order valence-corrected chi connectivity index (χ0v) is 17.8. The lowest BCUT2D eigenvalue weighted by atomic mass is 9.86. The van der Waals surface area contributed by atoms with E-state index in [0.717, 1.165) is 24.1 Å². The Morgan fingerprint density at radius 3 is 2.72 bits per heavy atom. The molecule has 1 amide bonds. The van der Waals surface area contributed by atoms with Gasteiger partial charge in [0.25, 0.3) is 0 Å². The molecule has 2 aromatic rings. The number of nitrogens with one attached hydrogen (secondary N) is 1. The van der Waals surface area contributed by atoms with E-state index in [1.165, 1.54) is 11.1 Å². The van der Waals surface area contributed by atoms with Gasteiger partial charge in [-0.05, 0) is 79.3 Å². The van der Waals surface area contributed by atoms with E-state index in [-0.39, 0.29) is 10.8 Å². The lowest BCUT2D eigenvalue weighted by Crippen LogP contribution is -2.33. The van der Waals surface area contributed by atoms with Crippen LogP contribution in [-0.4, -0.2) is 27.9 Å². The van der Waals surface area contributed by atoms with Gasteiger partial charge in [-0.15, -0.1) is 0 Å². The number of carbonyl (C=O) groups is 1. The zero-order valence-electron chi connectivity index (χ0n) is 17.0. The van der Waals surface area contributed by atoms with E-state index in [0.29, 0.717) is 24.3 Å². The molecule has 6 heteroatoms. The lowest BCUT2D eigenvalue weighted by Gasteiger charge is -2.16. The van der Waals surface area contributed by atoms with Crippen LogP contribution in [0.15, 0.2) is 47.4 Å². The maximum Gasteiger partial charge on any atom is 0.240 e. The third-order valence-electron chi connectivity index (χ3n) is 7.15. The highest BCUT2D eigenvalue weighted by Gasteiger charge is 2.52. The summed E-state index contributed by atoms with van der Waals surface area (Å²) in [5.41, 5.74) is 3.64. The first-order valence-corrected chi connectivity index (χ1v) is 11.7. The first-order valence-electron chi connectivity index (χ1n) is 10.2. The number of anilines is 1. The Hall–Kier alpha value is -2.18. The van der Waals surface area contributed by atoms with Gasteiger partial charge in [0.1, 0.15) is 0 Å².